The fourth-order valence-electron chi connectivity index (χ4n) is 0.997. The molecule has 0 radical (unpaired) electrons. The van der Waals surface area contributed by atoms with Crippen molar-refractivity contribution in [2.75, 3.05) is 11.9 Å². The van der Waals surface area contributed by atoms with E-state index in [1.165, 1.54) is 24.3 Å². The number of carboxylic acid groups (broad SMARTS) is 1. The average molecular weight is 289 g/mol. The molecule has 8 heteroatoms. The number of amides is 1. The molecule has 1 aromatic rings. The Morgan fingerprint density at radius 2 is 1.79 bits per heavy atom. The Morgan fingerprint density at radius 1 is 1.16 bits per heavy atom. The normalized spacial score (nSPS) is 8.84. The third kappa shape index (κ3) is 6.59. The molecule has 0 bridgehead atoms. The van der Waals surface area contributed by atoms with Crippen molar-refractivity contribution >= 4 is 23.5 Å². The zero-order valence-corrected chi connectivity index (χ0v) is 13.2. The first kappa shape index (κ1) is 17.9. The average Bonchev–Trinajstić information content (AvgIpc) is 2.51. The third-order valence-electron chi connectivity index (χ3n) is 1.75. The van der Waals surface area contributed by atoms with Gasteiger partial charge in [-0.2, -0.15) is 0 Å². The minimum atomic E-state index is -1.63. The van der Waals surface area contributed by atoms with Crippen LogP contribution >= 0.6 is 0 Å². The largest absolute Gasteiger partial charge is 1.00 e. The number of esters is 1. The van der Waals surface area contributed by atoms with E-state index >= 15 is 0 Å². The maximum Gasteiger partial charge on any atom is 1.00 e. The molecule has 0 aliphatic rings. The van der Waals surface area contributed by atoms with Gasteiger partial charge in [-0.15, -0.1) is 0 Å². The summed E-state index contributed by atoms with van der Waals surface area (Å²) in [6, 6.07) is 7.01. The molecule has 19 heavy (non-hydrogen) atoms. The van der Waals surface area contributed by atoms with Gasteiger partial charge in [0.05, 0.1) is 11.7 Å². The minimum Gasteiger partial charge on any atom is -0.546 e. The van der Waals surface area contributed by atoms with Crippen LogP contribution < -0.4 is 67.2 Å². The monoisotopic (exact) mass is 289 g/mol. The van der Waals surface area contributed by atoms with Crippen LogP contribution in [0.15, 0.2) is 35.1 Å². The molecule has 1 amide bonds. The van der Waals surface area contributed by atoms with E-state index in [-0.39, 0.29) is 57.1 Å². The number of anilines is 1. The first-order valence-corrected chi connectivity index (χ1v) is 4.78. The second-order valence-corrected chi connectivity index (χ2v) is 3.09. The van der Waals surface area contributed by atoms with Crippen LogP contribution in [0.25, 0.3) is 0 Å². The first-order valence-electron chi connectivity index (χ1n) is 4.78. The summed E-state index contributed by atoms with van der Waals surface area (Å²) < 4.78 is 4.09. The number of aliphatic carboxylic acids is 1. The summed E-state index contributed by atoms with van der Waals surface area (Å²) in [5.74, 6) is -4.28. The fraction of sp³-hybridized carbons (Fsp3) is 0.0909. The fourth-order valence-corrected chi connectivity index (χ4v) is 0.997. The molecule has 0 fully saturated rings. The number of rotatable bonds is 3. The van der Waals surface area contributed by atoms with E-state index in [2.05, 4.69) is 4.74 Å². The van der Waals surface area contributed by atoms with Gasteiger partial charge in [0.2, 0.25) is 5.43 Å². The van der Waals surface area contributed by atoms with Gasteiger partial charge < -0.3 is 20.0 Å². The second-order valence-electron chi connectivity index (χ2n) is 3.09. The Morgan fingerprint density at radius 3 is 2.42 bits per heavy atom. The summed E-state index contributed by atoms with van der Waals surface area (Å²) in [6.45, 7) is -1.03. The van der Waals surface area contributed by atoms with Gasteiger partial charge >= 0.3 is 63.3 Å². The van der Waals surface area contributed by atoms with Gasteiger partial charge in [-0.25, -0.2) is 4.79 Å². The topological polar surface area (TPSA) is 113 Å². The zero-order valence-electron chi connectivity index (χ0n) is 10.0. The SMILES string of the molecule is O=C([O-])COC(=O)C(=O)Nc1cccccc1=O.[K+]. The van der Waals surface area contributed by atoms with Crippen LogP contribution in [0.2, 0.25) is 0 Å². The van der Waals surface area contributed by atoms with E-state index in [0.29, 0.717) is 0 Å². The van der Waals surface area contributed by atoms with E-state index in [4.69, 9.17) is 0 Å². The number of nitrogens with one attached hydrogen (secondary N) is 1. The van der Waals surface area contributed by atoms with E-state index < -0.39 is 29.9 Å². The summed E-state index contributed by atoms with van der Waals surface area (Å²) in [5.41, 5.74) is -0.614. The summed E-state index contributed by atoms with van der Waals surface area (Å²) in [5, 5.41) is 12.0. The smallest absolute Gasteiger partial charge is 0.546 e. The van der Waals surface area contributed by atoms with Crippen molar-refractivity contribution in [3.05, 3.63) is 40.6 Å². The van der Waals surface area contributed by atoms with Gasteiger partial charge in [0, 0.05) is 0 Å². The van der Waals surface area contributed by atoms with Crippen molar-refractivity contribution < 1.29 is 75.6 Å². The Balaban J connectivity index is 0.00000324. The Labute approximate surface area is 150 Å². The molecule has 0 spiro atoms. The van der Waals surface area contributed by atoms with Crippen molar-refractivity contribution in [3.63, 3.8) is 0 Å². The van der Waals surface area contributed by atoms with Gasteiger partial charge in [0.25, 0.3) is 0 Å². The summed E-state index contributed by atoms with van der Waals surface area (Å²) in [6.07, 6.45) is 0. The number of hydrogen-bond donors (Lipinski definition) is 1. The van der Waals surface area contributed by atoms with Crippen molar-refractivity contribution in [1.29, 1.82) is 0 Å². The predicted octanol–water partition coefficient (Wildman–Crippen LogP) is -4.72. The van der Waals surface area contributed by atoms with Gasteiger partial charge in [-0.3, -0.25) is 9.59 Å². The van der Waals surface area contributed by atoms with Crippen LogP contribution in [0.4, 0.5) is 5.69 Å². The standard InChI is InChI=1S/C11H9NO6.K/c13-8-5-3-1-2-4-7(8)12-10(16)11(17)18-6-9(14)15;/h1-5H,6H2,(H,14,15)(H,12,13,16);/q;+1/p-1. The van der Waals surface area contributed by atoms with Crippen molar-refractivity contribution in [1.82, 2.24) is 0 Å². The van der Waals surface area contributed by atoms with Crippen LogP contribution in [0.1, 0.15) is 0 Å². The molecule has 0 heterocycles. The second kappa shape index (κ2) is 8.94. The summed E-state index contributed by atoms with van der Waals surface area (Å²) >= 11 is 0. The molecule has 0 aliphatic carbocycles. The number of hydrogen-bond acceptors (Lipinski definition) is 6. The molecule has 0 aromatic heterocycles. The Bertz CT molecular complexity index is 545. The van der Waals surface area contributed by atoms with E-state index in [9.17, 15) is 24.3 Å². The minimum absolute atomic E-state index is 0. The number of ether oxygens (including phenoxy) is 1. The molecule has 1 N–H and O–H groups in total. The van der Waals surface area contributed by atoms with E-state index in [1.54, 1.807) is 6.07 Å². The first-order chi connectivity index (χ1) is 8.50. The number of carbonyl (C=O) groups excluding carboxylic acids is 3. The van der Waals surface area contributed by atoms with Crippen LogP contribution in [0.5, 0.6) is 0 Å². The van der Waals surface area contributed by atoms with Crippen LogP contribution in [-0.2, 0) is 19.1 Å². The zero-order chi connectivity index (χ0) is 13.5. The third-order valence-corrected chi connectivity index (χ3v) is 1.75. The molecule has 1 rings (SSSR count). The molecular weight excluding hydrogens is 281 g/mol. The maximum atomic E-state index is 11.4. The molecule has 0 saturated heterocycles. The molecule has 0 unspecified atom stereocenters. The molecule has 0 saturated carbocycles. The maximum absolute atomic E-state index is 11.4. The van der Waals surface area contributed by atoms with Gasteiger partial charge in [-0.1, -0.05) is 18.2 Å². The molecular formula is C11H8KNO6. The Hall–Kier alpha value is -1.06. The van der Waals surface area contributed by atoms with E-state index in [0.717, 1.165) is 0 Å². The molecule has 0 atom stereocenters. The number of carboxylic acids is 1. The van der Waals surface area contributed by atoms with Crippen LogP contribution in [0.3, 0.4) is 0 Å². The van der Waals surface area contributed by atoms with Crippen LogP contribution in [0, 0.1) is 0 Å². The number of carbonyl (C=O) groups is 3. The Kier molecular flexibility index (Phi) is 8.44. The van der Waals surface area contributed by atoms with Crippen molar-refractivity contribution in [2.24, 2.45) is 0 Å². The molecule has 1 aromatic carbocycles. The predicted molar refractivity (Wildman–Crippen MR) is 57.3 cm³/mol. The molecule has 7 nitrogen and oxygen atoms in total. The van der Waals surface area contributed by atoms with E-state index in [1.807, 2.05) is 5.32 Å². The van der Waals surface area contributed by atoms with Gasteiger partial charge in [0.15, 0.2) is 0 Å². The van der Waals surface area contributed by atoms with Crippen LogP contribution in [-0.4, -0.2) is 24.5 Å². The van der Waals surface area contributed by atoms with Gasteiger partial charge in [-0.05, 0) is 12.1 Å². The quantitative estimate of drug-likeness (QED) is 0.340. The molecule has 0 aliphatic heterocycles. The van der Waals surface area contributed by atoms with Gasteiger partial charge in [0.1, 0.15) is 6.61 Å². The molecule has 94 valence electrons. The summed E-state index contributed by atoms with van der Waals surface area (Å²) in [7, 11) is 0. The van der Waals surface area contributed by atoms with Crippen molar-refractivity contribution in [3.8, 4) is 0 Å². The van der Waals surface area contributed by atoms with Crippen molar-refractivity contribution in [2.45, 2.75) is 0 Å². The summed E-state index contributed by atoms with van der Waals surface area (Å²) in [4.78, 5) is 43.6.